The van der Waals surface area contributed by atoms with E-state index in [0.717, 1.165) is 23.6 Å². The number of nitrogens with zero attached hydrogens (tertiary/aromatic N) is 3. The van der Waals surface area contributed by atoms with Gasteiger partial charge in [-0.1, -0.05) is 12.2 Å². The Morgan fingerprint density at radius 1 is 1.59 bits per heavy atom. The Balaban J connectivity index is 2.94. The minimum absolute atomic E-state index is 0.299. The maximum Gasteiger partial charge on any atom is 0.134 e. The van der Waals surface area contributed by atoms with Crippen molar-refractivity contribution in [1.82, 2.24) is 14.7 Å². The molecule has 0 bridgehead atoms. The van der Waals surface area contributed by atoms with Gasteiger partial charge in [-0.25, -0.2) is 0 Å². The monoisotopic (exact) mass is 255 g/mol. The van der Waals surface area contributed by atoms with E-state index < -0.39 is 0 Å². The zero-order chi connectivity index (χ0) is 13.2. The van der Waals surface area contributed by atoms with Crippen LogP contribution in [0.1, 0.15) is 18.2 Å². The van der Waals surface area contributed by atoms with Crippen molar-refractivity contribution in [2.75, 3.05) is 26.0 Å². The Hall–Kier alpha value is -1.14. The molecule has 1 rings (SSSR count). The van der Waals surface area contributed by atoms with Crippen molar-refractivity contribution in [3.05, 3.63) is 11.3 Å². The van der Waals surface area contributed by atoms with Crippen molar-refractivity contribution in [3.63, 3.8) is 0 Å². The van der Waals surface area contributed by atoms with E-state index in [2.05, 4.69) is 22.2 Å². The average Bonchev–Trinajstić information content (AvgIpc) is 2.39. The topological polar surface area (TPSA) is 59.1 Å². The van der Waals surface area contributed by atoms with Gasteiger partial charge in [0.15, 0.2) is 0 Å². The molecule has 17 heavy (non-hydrogen) atoms. The normalized spacial score (nSPS) is 12.8. The third-order valence-corrected chi connectivity index (χ3v) is 2.69. The van der Waals surface area contributed by atoms with E-state index in [1.54, 1.807) is 4.68 Å². The molecule has 3 N–H and O–H groups in total. The molecule has 0 aromatic carbocycles. The second kappa shape index (κ2) is 5.46. The van der Waals surface area contributed by atoms with Gasteiger partial charge in [0, 0.05) is 19.6 Å². The molecule has 1 unspecified atom stereocenters. The van der Waals surface area contributed by atoms with E-state index in [0.29, 0.717) is 11.0 Å². The van der Waals surface area contributed by atoms with Crippen molar-refractivity contribution in [2.45, 2.75) is 19.9 Å². The molecule has 96 valence electrons. The lowest BCUT2D eigenvalue weighted by Crippen LogP contribution is -2.31. The van der Waals surface area contributed by atoms with E-state index in [1.165, 1.54) is 0 Å². The van der Waals surface area contributed by atoms with Crippen molar-refractivity contribution >= 4 is 23.0 Å². The lowest BCUT2D eigenvalue weighted by molar-refractivity contribution is 0.391. The Labute approximate surface area is 108 Å². The van der Waals surface area contributed by atoms with Crippen molar-refractivity contribution in [3.8, 4) is 0 Å². The molecular weight excluding hydrogens is 234 g/mol. The highest BCUT2D eigenvalue weighted by Crippen LogP contribution is 2.19. The fourth-order valence-electron chi connectivity index (χ4n) is 1.95. The van der Waals surface area contributed by atoms with Crippen LogP contribution in [-0.2, 0) is 7.05 Å². The van der Waals surface area contributed by atoms with Crippen molar-refractivity contribution in [2.24, 2.45) is 12.8 Å². The zero-order valence-corrected chi connectivity index (χ0v) is 11.9. The Kier molecular flexibility index (Phi) is 4.47. The van der Waals surface area contributed by atoms with Gasteiger partial charge in [-0.05, 0) is 27.9 Å². The molecule has 5 nitrogen and oxygen atoms in total. The minimum atomic E-state index is 0.299. The second-order valence-electron chi connectivity index (χ2n) is 4.60. The standard InChI is InChI=1S/C11H21N5S/c1-7(6-15(3)4)13-11-9(10(12)17)8(2)14-16(11)5/h7,13H,6H2,1-5H3,(H2,12,17). The van der Waals surface area contributed by atoms with E-state index >= 15 is 0 Å². The van der Waals surface area contributed by atoms with Gasteiger partial charge >= 0.3 is 0 Å². The predicted octanol–water partition coefficient (Wildman–Crippen LogP) is 0.725. The van der Waals surface area contributed by atoms with Crippen LogP contribution in [0.2, 0.25) is 0 Å². The molecule has 6 heteroatoms. The maximum absolute atomic E-state index is 5.73. The van der Waals surface area contributed by atoms with Crippen LogP contribution >= 0.6 is 12.2 Å². The lowest BCUT2D eigenvalue weighted by atomic mass is 10.2. The first-order valence-electron chi connectivity index (χ1n) is 5.57. The maximum atomic E-state index is 5.73. The molecule has 0 saturated carbocycles. The SMILES string of the molecule is Cc1nn(C)c(NC(C)CN(C)C)c1C(N)=S. The van der Waals surface area contributed by atoms with Crippen LogP contribution in [0.25, 0.3) is 0 Å². The number of thiocarbonyl (C=S) groups is 1. The van der Waals surface area contributed by atoms with Gasteiger partial charge in [-0.15, -0.1) is 0 Å². The van der Waals surface area contributed by atoms with Crippen LogP contribution in [-0.4, -0.2) is 46.4 Å². The molecule has 1 atom stereocenters. The molecule has 0 radical (unpaired) electrons. The summed E-state index contributed by atoms with van der Waals surface area (Å²) in [4.78, 5) is 2.51. The summed E-state index contributed by atoms with van der Waals surface area (Å²) in [6, 6.07) is 0.299. The molecule has 0 aliphatic rings. The fraction of sp³-hybridized carbons (Fsp3) is 0.636. The number of rotatable bonds is 5. The second-order valence-corrected chi connectivity index (χ2v) is 5.04. The molecule has 0 saturated heterocycles. The number of nitrogens with one attached hydrogen (secondary N) is 1. The summed E-state index contributed by atoms with van der Waals surface area (Å²) < 4.78 is 1.79. The van der Waals surface area contributed by atoms with E-state index in [9.17, 15) is 0 Å². The Bertz CT molecular complexity index is 410. The van der Waals surface area contributed by atoms with Gasteiger partial charge in [0.25, 0.3) is 0 Å². The third kappa shape index (κ3) is 3.41. The summed E-state index contributed by atoms with van der Waals surface area (Å²) in [6.07, 6.45) is 0. The van der Waals surface area contributed by atoms with Crippen LogP contribution in [0.3, 0.4) is 0 Å². The van der Waals surface area contributed by atoms with Gasteiger partial charge in [0.05, 0.1) is 11.3 Å². The van der Waals surface area contributed by atoms with E-state index in [1.807, 2.05) is 28.1 Å². The van der Waals surface area contributed by atoms with Crippen LogP contribution in [0.5, 0.6) is 0 Å². The van der Waals surface area contributed by atoms with Crippen LogP contribution in [0.4, 0.5) is 5.82 Å². The molecule has 1 aromatic heterocycles. The molecule has 0 fully saturated rings. The molecule has 0 amide bonds. The number of anilines is 1. The molecular formula is C11H21N5S. The number of likely N-dealkylation sites (N-methyl/N-ethyl adjacent to an activating group) is 1. The zero-order valence-electron chi connectivity index (χ0n) is 11.1. The molecule has 1 aromatic rings. The Morgan fingerprint density at radius 3 is 2.65 bits per heavy atom. The molecule has 0 aliphatic heterocycles. The van der Waals surface area contributed by atoms with E-state index in [4.69, 9.17) is 18.0 Å². The highest BCUT2D eigenvalue weighted by atomic mass is 32.1. The van der Waals surface area contributed by atoms with Crippen LogP contribution in [0, 0.1) is 6.92 Å². The number of nitrogens with two attached hydrogens (primary N) is 1. The van der Waals surface area contributed by atoms with Crippen molar-refractivity contribution in [1.29, 1.82) is 0 Å². The van der Waals surface area contributed by atoms with Gasteiger partial charge in [-0.2, -0.15) is 5.10 Å². The van der Waals surface area contributed by atoms with Gasteiger partial charge in [0.2, 0.25) is 0 Å². The summed E-state index contributed by atoms with van der Waals surface area (Å²) in [5.41, 5.74) is 7.43. The minimum Gasteiger partial charge on any atom is -0.389 e. The largest absolute Gasteiger partial charge is 0.389 e. The highest BCUT2D eigenvalue weighted by molar-refractivity contribution is 7.80. The van der Waals surface area contributed by atoms with Crippen LogP contribution < -0.4 is 11.1 Å². The first-order valence-corrected chi connectivity index (χ1v) is 5.98. The summed E-state index contributed by atoms with van der Waals surface area (Å²) in [6.45, 7) is 4.96. The predicted molar refractivity (Wildman–Crippen MR) is 75.5 cm³/mol. The summed E-state index contributed by atoms with van der Waals surface area (Å²) in [7, 11) is 5.97. The number of aryl methyl sites for hydroxylation is 2. The fourth-order valence-corrected chi connectivity index (χ4v) is 2.19. The summed E-state index contributed by atoms with van der Waals surface area (Å²) >= 11 is 5.07. The lowest BCUT2D eigenvalue weighted by Gasteiger charge is -2.20. The quantitative estimate of drug-likeness (QED) is 0.760. The molecule has 0 spiro atoms. The highest BCUT2D eigenvalue weighted by Gasteiger charge is 2.17. The summed E-state index contributed by atoms with van der Waals surface area (Å²) in [5.74, 6) is 0.893. The number of aromatic nitrogens is 2. The molecule has 0 aliphatic carbocycles. The smallest absolute Gasteiger partial charge is 0.134 e. The van der Waals surface area contributed by atoms with Crippen LogP contribution in [0.15, 0.2) is 0 Å². The van der Waals surface area contributed by atoms with E-state index in [-0.39, 0.29) is 0 Å². The van der Waals surface area contributed by atoms with Gasteiger partial charge in [-0.3, -0.25) is 4.68 Å². The Morgan fingerprint density at radius 2 is 2.18 bits per heavy atom. The van der Waals surface area contributed by atoms with Crippen molar-refractivity contribution < 1.29 is 0 Å². The van der Waals surface area contributed by atoms with Gasteiger partial charge < -0.3 is 16.0 Å². The third-order valence-electron chi connectivity index (χ3n) is 2.49. The average molecular weight is 255 g/mol. The molecule has 1 heterocycles. The first kappa shape index (κ1) is 13.9. The summed E-state index contributed by atoms with van der Waals surface area (Å²) in [5, 5.41) is 7.74. The van der Waals surface area contributed by atoms with Gasteiger partial charge in [0.1, 0.15) is 10.8 Å². The number of hydrogen-bond donors (Lipinski definition) is 2. The first-order chi connectivity index (χ1) is 7.82. The number of hydrogen-bond acceptors (Lipinski definition) is 4.